The predicted molar refractivity (Wildman–Crippen MR) is 44.9 cm³/mol. The third kappa shape index (κ3) is 1.06. The van der Waals surface area contributed by atoms with Crippen molar-refractivity contribution in [3.05, 3.63) is 41.1 Å². The van der Waals surface area contributed by atoms with Crippen LogP contribution in [0.5, 0.6) is 0 Å². The van der Waals surface area contributed by atoms with Gasteiger partial charge in [-0.3, -0.25) is 0 Å². The van der Waals surface area contributed by atoms with Gasteiger partial charge >= 0.3 is 0 Å². The number of benzene rings is 1. The van der Waals surface area contributed by atoms with Crippen molar-refractivity contribution < 1.29 is 0 Å². The molecule has 0 unspecified atom stereocenters. The van der Waals surface area contributed by atoms with Crippen molar-refractivity contribution in [3.63, 3.8) is 0 Å². The molecule has 50 valence electrons. The smallest absolute Gasteiger partial charge is 0.0820 e. The second kappa shape index (κ2) is 2.67. The Morgan fingerprint density at radius 3 is 3.10 bits per heavy atom. The molecule has 1 aromatic rings. The molecule has 1 heterocycles. The zero-order valence-electron chi connectivity index (χ0n) is 5.63. The van der Waals surface area contributed by atoms with E-state index in [2.05, 4.69) is 30.0 Å². The first-order chi connectivity index (χ1) is 4.97. The van der Waals surface area contributed by atoms with Crippen LogP contribution in [0.25, 0.3) is 0 Å². The van der Waals surface area contributed by atoms with Gasteiger partial charge in [-0.1, -0.05) is 24.3 Å². The Morgan fingerprint density at radius 1 is 1.30 bits per heavy atom. The summed E-state index contributed by atoms with van der Waals surface area (Å²) >= 11 is 1.79. The van der Waals surface area contributed by atoms with Gasteiger partial charge in [0, 0.05) is 0 Å². The molecule has 0 atom stereocenters. The number of hydrogen-bond donors (Lipinski definition) is 0. The van der Waals surface area contributed by atoms with Crippen molar-refractivity contribution in [2.24, 2.45) is 0 Å². The van der Waals surface area contributed by atoms with Crippen LogP contribution in [0.4, 0.5) is 0 Å². The average molecular weight is 148 g/mol. The summed E-state index contributed by atoms with van der Waals surface area (Å²) in [6, 6.07) is 8.47. The summed E-state index contributed by atoms with van der Waals surface area (Å²) in [6.07, 6.45) is 1.20. The van der Waals surface area contributed by atoms with Gasteiger partial charge in [0.05, 0.1) is 5.75 Å². The summed E-state index contributed by atoms with van der Waals surface area (Å²) in [5.74, 6) is 4.47. The first-order valence-electron chi connectivity index (χ1n) is 3.42. The van der Waals surface area contributed by atoms with Crippen molar-refractivity contribution in [1.82, 2.24) is 0 Å². The third-order valence-corrected chi connectivity index (χ3v) is 2.45. The van der Waals surface area contributed by atoms with E-state index in [4.69, 9.17) is 0 Å². The highest BCUT2D eigenvalue weighted by atomic mass is 32.2. The molecule has 1 aromatic carbocycles. The molecule has 2 radical (unpaired) electrons. The van der Waals surface area contributed by atoms with Crippen molar-refractivity contribution in [2.45, 2.75) is 6.42 Å². The summed E-state index contributed by atoms with van der Waals surface area (Å²) in [7, 11) is 0. The minimum absolute atomic E-state index is 1.19. The molecule has 0 amide bonds. The van der Waals surface area contributed by atoms with E-state index in [1.807, 2.05) is 0 Å². The minimum Gasteiger partial charge on any atom is -0.146 e. The molecule has 0 N–H and O–H groups in total. The van der Waals surface area contributed by atoms with E-state index in [1.54, 1.807) is 11.8 Å². The van der Waals surface area contributed by atoms with Gasteiger partial charge in [0.1, 0.15) is 0 Å². The van der Waals surface area contributed by atoms with Crippen LogP contribution < -0.4 is 0 Å². The Labute approximate surface area is 65.6 Å². The van der Waals surface area contributed by atoms with Gasteiger partial charge in [0.2, 0.25) is 0 Å². The van der Waals surface area contributed by atoms with Crippen LogP contribution in [0.1, 0.15) is 11.1 Å². The van der Waals surface area contributed by atoms with Crippen molar-refractivity contribution in [3.8, 4) is 0 Å². The highest BCUT2D eigenvalue weighted by molar-refractivity contribution is 8.01. The average Bonchev–Trinajstić information content (AvgIpc) is 2.05. The van der Waals surface area contributed by atoms with E-state index in [-0.39, 0.29) is 0 Å². The normalized spacial score (nSPS) is 16.4. The van der Waals surface area contributed by atoms with Gasteiger partial charge in [-0.15, -0.1) is 11.8 Å². The second-order valence-electron chi connectivity index (χ2n) is 2.36. The molecule has 0 nitrogen and oxygen atoms in total. The molecule has 0 bridgehead atoms. The Morgan fingerprint density at radius 2 is 2.20 bits per heavy atom. The molecule has 0 saturated heterocycles. The maximum absolute atomic E-state index is 3.28. The molecular formula is C9H8S. The van der Waals surface area contributed by atoms with Gasteiger partial charge in [0.25, 0.3) is 0 Å². The van der Waals surface area contributed by atoms with E-state index in [0.29, 0.717) is 0 Å². The first-order valence-corrected chi connectivity index (χ1v) is 4.41. The minimum atomic E-state index is 1.19. The summed E-state index contributed by atoms with van der Waals surface area (Å²) in [5, 5.41) is 0. The van der Waals surface area contributed by atoms with E-state index >= 15 is 0 Å². The van der Waals surface area contributed by atoms with Crippen LogP contribution in [0.2, 0.25) is 0 Å². The number of hydrogen-bond acceptors (Lipinski definition) is 1. The Bertz CT molecular complexity index is 205. The van der Waals surface area contributed by atoms with Crippen molar-refractivity contribution >= 4 is 11.8 Å². The molecule has 2 rings (SSSR count). The third-order valence-electron chi connectivity index (χ3n) is 1.67. The fraction of sp³-hybridized carbons (Fsp3) is 0.222. The Hall–Kier alpha value is -0.430. The molecule has 1 aliphatic rings. The fourth-order valence-corrected chi connectivity index (χ4v) is 1.91. The van der Waals surface area contributed by atoms with Crippen LogP contribution in [-0.2, 0) is 6.42 Å². The molecule has 0 aromatic heterocycles. The molecule has 1 heteroatoms. The van der Waals surface area contributed by atoms with Crippen LogP contribution >= 0.6 is 11.8 Å². The summed E-state index contributed by atoms with van der Waals surface area (Å²) in [5.41, 5.74) is 2.74. The van der Waals surface area contributed by atoms with Gasteiger partial charge in [-0.2, -0.15) is 0 Å². The standard InChI is InChI=1S/C9H8S/c1-2-4-9-7-10-6-5-8(9)3-1/h1-4H,5-6H2. The number of thioether (sulfide) groups is 1. The molecule has 0 spiro atoms. The lowest BCUT2D eigenvalue weighted by Gasteiger charge is -2.12. The molecular weight excluding hydrogens is 140 g/mol. The number of rotatable bonds is 0. The van der Waals surface area contributed by atoms with E-state index < -0.39 is 0 Å². The zero-order valence-corrected chi connectivity index (χ0v) is 6.45. The van der Waals surface area contributed by atoms with Crippen LogP contribution in [0, 0.1) is 5.75 Å². The maximum Gasteiger partial charge on any atom is 0.0820 e. The van der Waals surface area contributed by atoms with E-state index in [9.17, 15) is 0 Å². The molecule has 0 aliphatic carbocycles. The lowest BCUT2D eigenvalue weighted by molar-refractivity contribution is 1.12. The topological polar surface area (TPSA) is 0 Å². The number of fused-ring (bicyclic) bond motifs is 1. The molecule has 0 fully saturated rings. The van der Waals surface area contributed by atoms with Gasteiger partial charge < -0.3 is 0 Å². The predicted octanol–water partition coefficient (Wildman–Crippen LogP) is 2.36. The van der Waals surface area contributed by atoms with Gasteiger partial charge in [-0.25, -0.2) is 0 Å². The summed E-state index contributed by atoms with van der Waals surface area (Å²) < 4.78 is 0. The van der Waals surface area contributed by atoms with Crippen LogP contribution in [0.3, 0.4) is 0 Å². The highest BCUT2D eigenvalue weighted by Crippen LogP contribution is 2.25. The maximum atomic E-state index is 3.28. The first kappa shape index (κ1) is 6.29. The number of aryl methyl sites for hydroxylation is 1. The monoisotopic (exact) mass is 148 g/mol. The molecule has 0 saturated carbocycles. The van der Waals surface area contributed by atoms with Crippen molar-refractivity contribution in [1.29, 1.82) is 0 Å². The van der Waals surface area contributed by atoms with E-state index in [0.717, 1.165) is 0 Å². The Kier molecular flexibility index (Phi) is 1.68. The van der Waals surface area contributed by atoms with Gasteiger partial charge in [0.15, 0.2) is 0 Å². The molecule has 1 aliphatic heterocycles. The largest absolute Gasteiger partial charge is 0.146 e. The highest BCUT2D eigenvalue weighted by Gasteiger charge is 2.07. The van der Waals surface area contributed by atoms with E-state index in [1.165, 1.54) is 23.3 Å². The fourth-order valence-electron chi connectivity index (χ4n) is 1.13. The second-order valence-corrected chi connectivity index (χ2v) is 3.26. The van der Waals surface area contributed by atoms with Crippen molar-refractivity contribution in [2.75, 3.05) is 5.75 Å². The lowest BCUT2D eigenvalue weighted by Crippen LogP contribution is -1.99. The summed E-state index contributed by atoms with van der Waals surface area (Å²) in [4.78, 5) is 0. The molecule has 10 heavy (non-hydrogen) atoms. The summed E-state index contributed by atoms with van der Waals surface area (Å²) in [6.45, 7) is 0. The van der Waals surface area contributed by atoms with Crippen LogP contribution in [-0.4, -0.2) is 5.75 Å². The lowest BCUT2D eigenvalue weighted by atomic mass is 10.1. The zero-order chi connectivity index (χ0) is 6.81. The Balaban J connectivity index is 2.41. The quantitative estimate of drug-likeness (QED) is 0.544. The SMILES string of the molecule is [C]1SCCc2ccccc21. The van der Waals surface area contributed by atoms with Gasteiger partial charge in [-0.05, 0) is 23.3 Å². The van der Waals surface area contributed by atoms with Crippen LogP contribution in [0.15, 0.2) is 24.3 Å².